The molecule has 7 heteroatoms. The lowest BCUT2D eigenvalue weighted by atomic mass is 9.98. The van der Waals surface area contributed by atoms with Crippen molar-refractivity contribution in [2.45, 2.75) is 32.5 Å². The average molecular weight is 401 g/mol. The zero-order chi connectivity index (χ0) is 19.0. The summed E-state index contributed by atoms with van der Waals surface area (Å²) in [6, 6.07) is 10.6. The summed E-state index contributed by atoms with van der Waals surface area (Å²) in [6.07, 6.45) is 2.19. The fourth-order valence-corrected chi connectivity index (χ4v) is 5.02. The van der Waals surface area contributed by atoms with E-state index >= 15 is 0 Å². The maximum atomic E-state index is 5.70. The van der Waals surface area contributed by atoms with Crippen LogP contribution in [0.25, 0.3) is 11.4 Å². The lowest BCUT2D eigenvalue weighted by Crippen LogP contribution is -2.36. The van der Waals surface area contributed by atoms with Crippen molar-refractivity contribution in [3.05, 3.63) is 50.9 Å². The van der Waals surface area contributed by atoms with Crippen molar-refractivity contribution < 1.29 is 4.74 Å². The molecule has 0 aliphatic carbocycles. The lowest BCUT2D eigenvalue weighted by molar-refractivity contribution is 0.129. The average Bonchev–Trinajstić information content (AvgIpc) is 3.28. The zero-order valence-electron chi connectivity index (χ0n) is 15.9. The fourth-order valence-electron chi connectivity index (χ4n) is 3.91. The van der Waals surface area contributed by atoms with Crippen LogP contribution in [0.15, 0.2) is 35.7 Å². The number of methoxy groups -OCH3 is 1. The Morgan fingerprint density at radius 3 is 2.89 bits per heavy atom. The van der Waals surface area contributed by atoms with Crippen LogP contribution in [0.2, 0.25) is 0 Å². The van der Waals surface area contributed by atoms with Crippen molar-refractivity contribution in [1.82, 2.24) is 19.2 Å². The van der Waals surface area contributed by atoms with E-state index in [0.29, 0.717) is 12.7 Å². The second-order valence-corrected chi connectivity index (χ2v) is 8.16. The third-order valence-electron chi connectivity index (χ3n) is 5.30. The minimum atomic E-state index is 0.429. The Balaban J connectivity index is 1.67. The number of nitrogens with zero attached hydrogens (tertiary/aromatic N) is 4. The van der Waals surface area contributed by atoms with Crippen LogP contribution in [0.5, 0.6) is 5.75 Å². The van der Waals surface area contributed by atoms with E-state index in [9.17, 15) is 0 Å². The number of rotatable bonds is 5. The van der Waals surface area contributed by atoms with E-state index in [1.807, 2.05) is 51.9 Å². The van der Waals surface area contributed by atoms with Crippen LogP contribution >= 0.6 is 23.6 Å². The Hall–Kier alpha value is -1.96. The summed E-state index contributed by atoms with van der Waals surface area (Å²) in [6.45, 7) is 3.99. The van der Waals surface area contributed by atoms with E-state index in [2.05, 4.69) is 23.3 Å². The topological polar surface area (TPSA) is 35.2 Å². The molecule has 0 fully saturated rings. The summed E-state index contributed by atoms with van der Waals surface area (Å²) in [7, 11) is 3.65. The molecule has 4 rings (SSSR count). The van der Waals surface area contributed by atoms with Gasteiger partial charge in [0, 0.05) is 24.5 Å². The number of aromatic nitrogens is 3. The Labute approximate surface area is 168 Å². The van der Waals surface area contributed by atoms with E-state index in [0.717, 1.165) is 41.3 Å². The summed E-state index contributed by atoms with van der Waals surface area (Å²) in [5.74, 6) is 1.64. The minimum absolute atomic E-state index is 0.429. The highest BCUT2D eigenvalue weighted by atomic mass is 32.1. The molecule has 1 aliphatic heterocycles. The van der Waals surface area contributed by atoms with Gasteiger partial charge in [-0.1, -0.05) is 19.1 Å². The van der Waals surface area contributed by atoms with E-state index in [1.54, 1.807) is 7.11 Å². The second-order valence-electron chi connectivity index (χ2n) is 6.79. The molecule has 0 saturated carbocycles. The monoisotopic (exact) mass is 400 g/mol. The Bertz CT molecular complexity index is 1000. The van der Waals surface area contributed by atoms with Crippen molar-refractivity contribution in [2.75, 3.05) is 13.7 Å². The molecular formula is C20H24N4OS2. The van der Waals surface area contributed by atoms with Crippen LogP contribution in [0, 0.1) is 4.77 Å². The highest BCUT2D eigenvalue weighted by Gasteiger charge is 2.27. The van der Waals surface area contributed by atoms with E-state index in [1.165, 1.54) is 10.4 Å². The second kappa shape index (κ2) is 7.58. The van der Waals surface area contributed by atoms with Crippen LogP contribution in [0.4, 0.5) is 0 Å². The smallest absolute Gasteiger partial charge is 0.199 e. The molecule has 27 heavy (non-hydrogen) atoms. The molecular weight excluding hydrogens is 376 g/mol. The third kappa shape index (κ3) is 3.24. The molecule has 142 valence electrons. The molecule has 0 amide bonds. The molecule has 3 aromatic rings. The molecule has 0 bridgehead atoms. The quantitative estimate of drug-likeness (QED) is 0.584. The van der Waals surface area contributed by atoms with Gasteiger partial charge in [-0.3, -0.25) is 4.90 Å². The number of benzene rings is 1. The van der Waals surface area contributed by atoms with Crippen molar-refractivity contribution in [3.8, 4) is 17.1 Å². The molecule has 2 aromatic heterocycles. The molecule has 5 nitrogen and oxygen atoms in total. The summed E-state index contributed by atoms with van der Waals surface area (Å²) in [4.78, 5) is 4.02. The maximum absolute atomic E-state index is 5.70. The third-order valence-corrected chi connectivity index (χ3v) is 6.78. The Morgan fingerprint density at radius 2 is 2.11 bits per heavy atom. The molecule has 0 unspecified atom stereocenters. The van der Waals surface area contributed by atoms with Gasteiger partial charge in [0.2, 0.25) is 0 Å². The molecule has 0 N–H and O–H groups in total. The van der Waals surface area contributed by atoms with Gasteiger partial charge >= 0.3 is 0 Å². The van der Waals surface area contributed by atoms with Crippen molar-refractivity contribution in [3.63, 3.8) is 0 Å². The predicted octanol–water partition coefficient (Wildman–Crippen LogP) is 4.66. The number of hydrogen-bond acceptors (Lipinski definition) is 5. The van der Waals surface area contributed by atoms with Crippen LogP contribution in [0.3, 0.4) is 0 Å². The fraction of sp³-hybridized carbons (Fsp3) is 0.400. The molecule has 3 heterocycles. The molecule has 1 aliphatic rings. The zero-order valence-corrected chi connectivity index (χ0v) is 17.5. The molecule has 0 spiro atoms. The first-order valence-corrected chi connectivity index (χ1v) is 10.5. The van der Waals surface area contributed by atoms with E-state index in [4.69, 9.17) is 22.1 Å². The van der Waals surface area contributed by atoms with Gasteiger partial charge in [-0.2, -0.15) is 5.10 Å². The Kier molecular flexibility index (Phi) is 5.16. The van der Waals surface area contributed by atoms with Gasteiger partial charge in [-0.25, -0.2) is 4.68 Å². The molecule has 0 radical (unpaired) electrons. The van der Waals surface area contributed by atoms with E-state index in [-0.39, 0.29) is 0 Å². The lowest BCUT2D eigenvalue weighted by Gasteiger charge is -2.35. The van der Waals surface area contributed by atoms with Gasteiger partial charge < -0.3 is 9.30 Å². The number of thiophene rings is 1. The predicted molar refractivity (Wildman–Crippen MR) is 112 cm³/mol. The van der Waals surface area contributed by atoms with Gasteiger partial charge in [0.25, 0.3) is 0 Å². The van der Waals surface area contributed by atoms with Gasteiger partial charge in [-0.15, -0.1) is 11.3 Å². The minimum Gasteiger partial charge on any atom is -0.496 e. The van der Waals surface area contributed by atoms with Crippen molar-refractivity contribution in [1.29, 1.82) is 0 Å². The Morgan fingerprint density at radius 1 is 1.30 bits per heavy atom. The number of fused-ring (bicyclic) bond motifs is 1. The highest BCUT2D eigenvalue weighted by Crippen LogP contribution is 2.35. The normalized spacial score (nSPS) is 17.1. The summed E-state index contributed by atoms with van der Waals surface area (Å²) < 4.78 is 10.1. The maximum Gasteiger partial charge on any atom is 0.199 e. The summed E-state index contributed by atoms with van der Waals surface area (Å²) in [5.41, 5.74) is 2.43. The van der Waals surface area contributed by atoms with Crippen LogP contribution in [0.1, 0.15) is 29.8 Å². The van der Waals surface area contributed by atoms with Crippen molar-refractivity contribution in [2.24, 2.45) is 7.05 Å². The first-order valence-electron chi connectivity index (χ1n) is 9.21. The van der Waals surface area contributed by atoms with Gasteiger partial charge in [-0.05, 0) is 54.2 Å². The number of ether oxygens (including phenoxy) is 1. The van der Waals surface area contributed by atoms with Crippen LogP contribution < -0.4 is 4.74 Å². The standard InChI is InChI=1S/C20H24N4OS2/c1-4-16-14-10-12-27-18(14)9-11-23(16)13-24-20(26)22(2)19(21-24)15-7-5-6-8-17(15)25-3/h5-8,10,12,16H,4,9,11,13H2,1-3H3/t16-/m0/s1. The number of para-hydroxylation sites is 1. The summed E-state index contributed by atoms with van der Waals surface area (Å²) in [5, 5.41) is 7.06. The largest absolute Gasteiger partial charge is 0.496 e. The van der Waals surface area contributed by atoms with Crippen LogP contribution in [-0.2, 0) is 20.1 Å². The SMILES string of the molecule is CC[C@H]1c2ccsc2CCN1Cn1nc(-c2ccccc2OC)n(C)c1=S. The highest BCUT2D eigenvalue weighted by molar-refractivity contribution is 7.71. The molecule has 1 atom stereocenters. The van der Waals surface area contributed by atoms with Gasteiger partial charge in [0.15, 0.2) is 10.6 Å². The van der Waals surface area contributed by atoms with Gasteiger partial charge in [0.1, 0.15) is 5.75 Å². The van der Waals surface area contributed by atoms with E-state index < -0.39 is 0 Å². The van der Waals surface area contributed by atoms with Crippen LogP contribution in [-0.4, -0.2) is 32.9 Å². The number of hydrogen-bond donors (Lipinski definition) is 0. The first-order chi connectivity index (χ1) is 13.1. The van der Waals surface area contributed by atoms with Crippen molar-refractivity contribution >= 4 is 23.6 Å². The molecule has 1 aromatic carbocycles. The summed E-state index contributed by atoms with van der Waals surface area (Å²) >= 11 is 7.57. The molecule has 0 saturated heterocycles. The van der Waals surface area contributed by atoms with Gasteiger partial charge in [0.05, 0.1) is 19.3 Å². The first kappa shape index (κ1) is 18.4.